The summed E-state index contributed by atoms with van der Waals surface area (Å²) in [6, 6.07) is 0. The van der Waals surface area contributed by atoms with Crippen LogP contribution in [-0.2, 0) is 4.79 Å². The Kier molecular flexibility index (Phi) is 1.22. The molecule has 1 saturated heterocycles. The Morgan fingerprint density at radius 2 is 1.67 bits per heavy atom. The highest BCUT2D eigenvalue weighted by molar-refractivity contribution is 8.17. The minimum absolute atomic E-state index is 0.0995. The number of carbonyl (C=O) groups excluding carboxylic acids is 1. The Labute approximate surface area is 60.2 Å². The van der Waals surface area contributed by atoms with Crippen LogP contribution < -0.4 is 0 Å². The highest BCUT2D eigenvalue weighted by atomic mass is 32.2. The zero-order valence-electron chi connectivity index (χ0n) is 6.32. The normalized spacial score (nSPS) is 29.6. The molecule has 0 bridgehead atoms. The summed E-state index contributed by atoms with van der Waals surface area (Å²) in [6.07, 6.45) is 0. The van der Waals surface area contributed by atoms with Crippen LogP contribution in [0, 0.1) is 5.41 Å². The SMILES string of the molecule is CC1(C)SC(=O)C1(C)C. The molecule has 0 amide bonds. The Hall–Kier alpha value is 0.0200. The molecule has 0 radical (unpaired) electrons. The van der Waals surface area contributed by atoms with Crippen molar-refractivity contribution in [2.75, 3.05) is 0 Å². The lowest BCUT2D eigenvalue weighted by Crippen LogP contribution is -2.52. The predicted octanol–water partition coefficient (Wildman–Crippen LogP) is 2.06. The Morgan fingerprint density at radius 1 is 1.22 bits per heavy atom. The monoisotopic (exact) mass is 144 g/mol. The van der Waals surface area contributed by atoms with Crippen LogP contribution in [0.1, 0.15) is 27.7 Å². The van der Waals surface area contributed by atoms with Gasteiger partial charge in [-0.3, -0.25) is 4.79 Å². The molecule has 0 spiro atoms. The summed E-state index contributed by atoms with van der Waals surface area (Å²) in [7, 11) is 0. The first-order chi connectivity index (χ1) is 3.88. The third kappa shape index (κ3) is 0.725. The van der Waals surface area contributed by atoms with Crippen LogP contribution in [0.2, 0.25) is 0 Å². The summed E-state index contributed by atoms with van der Waals surface area (Å²) < 4.78 is 0.157. The smallest absolute Gasteiger partial charge is 0.196 e. The number of carbonyl (C=O) groups is 1. The first-order valence-corrected chi connectivity index (χ1v) is 3.93. The molecule has 0 aliphatic carbocycles. The molecule has 0 aromatic carbocycles. The van der Waals surface area contributed by atoms with Crippen LogP contribution >= 0.6 is 11.8 Å². The van der Waals surface area contributed by atoms with Crippen molar-refractivity contribution in [2.45, 2.75) is 32.4 Å². The fourth-order valence-corrected chi connectivity index (χ4v) is 1.85. The molecule has 0 N–H and O–H groups in total. The van der Waals surface area contributed by atoms with Crippen molar-refractivity contribution in [3.63, 3.8) is 0 Å². The van der Waals surface area contributed by atoms with E-state index in [2.05, 4.69) is 13.8 Å². The molecule has 1 fully saturated rings. The van der Waals surface area contributed by atoms with E-state index in [9.17, 15) is 4.79 Å². The summed E-state index contributed by atoms with van der Waals surface area (Å²) in [5.41, 5.74) is -0.0995. The van der Waals surface area contributed by atoms with Gasteiger partial charge in [0.2, 0.25) is 0 Å². The van der Waals surface area contributed by atoms with E-state index in [0.717, 1.165) is 0 Å². The molecule has 0 saturated carbocycles. The first kappa shape index (κ1) is 7.13. The van der Waals surface area contributed by atoms with E-state index >= 15 is 0 Å². The van der Waals surface area contributed by atoms with Crippen LogP contribution in [0.15, 0.2) is 0 Å². The molecular formula is C7H12OS. The second kappa shape index (κ2) is 1.54. The third-order valence-corrected chi connectivity index (χ3v) is 4.08. The Morgan fingerprint density at radius 3 is 1.67 bits per heavy atom. The van der Waals surface area contributed by atoms with Gasteiger partial charge in [0, 0.05) is 10.2 Å². The molecule has 1 rings (SSSR count). The maximum Gasteiger partial charge on any atom is 0.196 e. The van der Waals surface area contributed by atoms with E-state index in [4.69, 9.17) is 0 Å². The standard InChI is InChI=1S/C7H12OS/c1-6(2)5(8)9-7(6,3)4/h1-4H3. The van der Waals surface area contributed by atoms with E-state index in [0.29, 0.717) is 5.12 Å². The molecule has 1 nitrogen and oxygen atoms in total. The summed E-state index contributed by atoms with van der Waals surface area (Å²) in [5, 5.41) is 0.326. The van der Waals surface area contributed by atoms with Crippen LogP contribution in [-0.4, -0.2) is 9.86 Å². The largest absolute Gasteiger partial charge is 0.287 e. The van der Waals surface area contributed by atoms with Crippen molar-refractivity contribution in [1.82, 2.24) is 0 Å². The quantitative estimate of drug-likeness (QED) is 0.517. The van der Waals surface area contributed by atoms with Gasteiger partial charge < -0.3 is 0 Å². The molecule has 52 valence electrons. The minimum atomic E-state index is -0.0995. The van der Waals surface area contributed by atoms with Gasteiger partial charge in [-0.05, 0) is 13.8 Å². The molecule has 1 aliphatic rings. The number of rotatable bonds is 0. The fourth-order valence-electron chi connectivity index (χ4n) is 0.686. The third-order valence-electron chi connectivity index (χ3n) is 2.36. The Bertz CT molecular complexity index is 158. The maximum absolute atomic E-state index is 10.9. The van der Waals surface area contributed by atoms with E-state index in [1.165, 1.54) is 11.8 Å². The highest BCUT2D eigenvalue weighted by Gasteiger charge is 2.54. The lowest BCUT2D eigenvalue weighted by atomic mass is 9.80. The van der Waals surface area contributed by atoms with E-state index in [-0.39, 0.29) is 10.2 Å². The lowest BCUT2D eigenvalue weighted by Gasteiger charge is -2.48. The predicted molar refractivity (Wildman–Crippen MR) is 40.5 cm³/mol. The van der Waals surface area contributed by atoms with Gasteiger partial charge in [0.15, 0.2) is 5.12 Å². The summed E-state index contributed by atoms with van der Waals surface area (Å²) in [4.78, 5) is 10.9. The second-order valence-corrected chi connectivity index (χ2v) is 5.12. The maximum atomic E-state index is 10.9. The zero-order chi connectivity index (χ0) is 7.28. The molecule has 0 aromatic heterocycles. The fraction of sp³-hybridized carbons (Fsp3) is 0.857. The number of thioether (sulfide) groups is 1. The van der Waals surface area contributed by atoms with Crippen molar-refractivity contribution < 1.29 is 4.79 Å². The second-order valence-electron chi connectivity index (χ2n) is 3.52. The van der Waals surface area contributed by atoms with Crippen molar-refractivity contribution >= 4 is 16.9 Å². The van der Waals surface area contributed by atoms with Crippen molar-refractivity contribution in [1.29, 1.82) is 0 Å². The molecule has 9 heavy (non-hydrogen) atoms. The van der Waals surface area contributed by atoms with Crippen molar-refractivity contribution in [3.05, 3.63) is 0 Å². The summed E-state index contributed by atoms with van der Waals surface area (Å²) in [6.45, 7) is 8.23. The molecule has 0 atom stereocenters. The van der Waals surface area contributed by atoms with Gasteiger partial charge >= 0.3 is 0 Å². The topological polar surface area (TPSA) is 17.1 Å². The molecule has 2 heteroatoms. The summed E-state index contributed by atoms with van der Waals surface area (Å²) >= 11 is 1.45. The van der Waals surface area contributed by atoms with Gasteiger partial charge in [0.1, 0.15) is 0 Å². The highest BCUT2D eigenvalue weighted by Crippen LogP contribution is 2.55. The van der Waals surface area contributed by atoms with Crippen LogP contribution in [0.4, 0.5) is 0 Å². The van der Waals surface area contributed by atoms with Gasteiger partial charge in [0.25, 0.3) is 0 Å². The van der Waals surface area contributed by atoms with Crippen LogP contribution in [0.3, 0.4) is 0 Å². The molecule has 0 unspecified atom stereocenters. The van der Waals surface area contributed by atoms with Crippen molar-refractivity contribution in [2.24, 2.45) is 5.41 Å². The molecular weight excluding hydrogens is 132 g/mol. The van der Waals surface area contributed by atoms with E-state index < -0.39 is 0 Å². The van der Waals surface area contributed by atoms with Crippen molar-refractivity contribution in [3.8, 4) is 0 Å². The summed E-state index contributed by atoms with van der Waals surface area (Å²) in [5.74, 6) is 0. The van der Waals surface area contributed by atoms with Crippen LogP contribution in [0.5, 0.6) is 0 Å². The van der Waals surface area contributed by atoms with E-state index in [1.54, 1.807) is 0 Å². The average Bonchev–Trinajstić information content (AvgIpc) is 1.65. The zero-order valence-corrected chi connectivity index (χ0v) is 7.13. The van der Waals surface area contributed by atoms with Gasteiger partial charge in [-0.2, -0.15) is 0 Å². The van der Waals surface area contributed by atoms with Crippen LogP contribution in [0.25, 0.3) is 0 Å². The van der Waals surface area contributed by atoms with Gasteiger partial charge in [0.05, 0.1) is 0 Å². The van der Waals surface area contributed by atoms with E-state index in [1.807, 2.05) is 13.8 Å². The Balaban J connectivity index is 2.82. The molecule has 0 aromatic rings. The van der Waals surface area contributed by atoms with Gasteiger partial charge in [-0.1, -0.05) is 25.6 Å². The molecule has 1 heterocycles. The van der Waals surface area contributed by atoms with Gasteiger partial charge in [-0.15, -0.1) is 0 Å². The first-order valence-electron chi connectivity index (χ1n) is 3.11. The number of hydrogen-bond acceptors (Lipinski definition) is 2. The van der Waals surface area contributed by atoms with Gasteiger partial charge in [-0.25, -0.2) is 0 Å². The molecule has 1 aliphatic heterocycles. The lowest BCUT2D eigenvalue weighted by molar-refractivity contribution is -0.122. The number of hydrogen-bond donors (Lipinski definition) is 0. The average molecular weight is 144 g/mol. The minimum Gasteiger partial charge on any atom is -0.287 e.